The largest absolute Gasteiger partial charge is 0.309 e. The van der Waals surface area contributed by atoms with Crippen molar-refractivity contribution in [3.63, 3.8) is 0 Å². The van der Waals surface area contributed by atoms with Crippen molar-refractivity contribution in [2.75, 3.05) is 0 Å². The normalized spacial score (nSPS) is 13.6. The van der Waals surface area contributed by atoms with Gasteiger partial charge in [-0.3, -0.25) is 4.57 Å². The minimum absolute atomic E-state index is 0.882. The number of fused-ring (bicyclic) bond motifs is 10. The fourth-order valence-corrected chi connectivity index (χ4v) is 8.53. The zero-order valence-electron chi connectivity index (χ0n) is 27.9. The predicted molar refractivity (Wildman–Crippen MR) is 215 cm³/mol. The van der Waals surface area contributed by atoms with E-state index in [1.54, 1.807) is 0 Å². The summed E-state index contributed by atoms with van der Waals surface area (Å²) in [6.45, 7) is 0. The molecule has 0 radical (unpaired) electrons. The van der Waals surface area contributed by atoms with E-state index in [1.165, 1.54) is 65.4 Å². The van der Waals surface area contributed by atoms with Gasteiger partial charge in [0, 0.05) is 50.1 Å². The van der Waals surface area contributed by atoms with Crippen molar-refractivity contribution >= 4 is 77.0 Å². The first kappa shape index (κ1) is 28.2. The maximum absolute atomic E-state index is 5.33. The Morgan fingerprint density at radius 3 is 1.71 bits per heavy atom. The molecular weight excluding hydrogens is 621 g/mol. The summed E-state index contributed by atoms with van der Waals surface area (Å²) in [6.07, 6.45) is 4.11. The summed E-state index contributed by atoms with van der Waals surface area (Å²) in [5.74, 6) is 1.09. The zero-order valence-corrected chi connectivity index (χ0v) is 27.9. The minimum Gasteiger partial charge on any atom is -0.309 e. The molecule has 10 aromatic rings. The van der Waals surface area contributed by atoms with Crippen LogP contribution in [-0.4, -0.2) is 19.5 Å². The van der Waals surface area contributed by atoms with Gasteiger partial charge in [0.25, 0.3) is 0 Å². The number of benzene rings is 7. The van der Waals surface area contributed by atoms with Crippen LogP contribution in [0.4, 0.5) is 0 Å². The van der Waals surface area contributed by atoms with Crippen molar-refractivity contribution in [3.05, 3.63) is 175 Å². The van der Waals surface area contributed by atoms with Gasteiger partial charge in [-0.2, -0.15) is 0 Å². The van der Waals surface area contributed by atoms with Crippen molar-refractivity contribution in [2.45, 2.75) is 12.8 Å². The van der Waals surface area contributed by atoms with E-state index in [4.69, 9.17) is 4.99 Å². The molecule has 3 aromatic heterocycles. The SMILES string of the molecule is C1=C(c2ccccc2)N=C(n2c3ccccc3c3cc4c(cc32)c2ccc3c(c5ccccc5n3-c3ccccc3)c2n4-c2ccccc2)CC1. The van der Waals surface area contributed by atoms with Gasteiger partial charge in [0.05, 0.1) is 38.8 Å². The Balaban J connectivity index is 1.28. The first-order chi connectivity index (χ1) is 25.3. The van der Waals surface area contributed by atoms with Crippen molar-refractivity contribution in [1.29, 1.82) is 0 Å². The first-order valence-corrected chi connectivity index (χ1v) is 17.7. The molecule has 0 saturated heterocycles. The van der Waals surface area contributed by atoms with Crippen molar-refractivity contribution in [2.24, 2.45) is 4.99 Å². The maximum atomic E-state index is 5.33. The van der Waals surface area contributed by atoms with Crippen LogP contribution in [0.2, 0.25) is 0 Å². The highest BCUT2D eigenvalue weighted by atomic mass is 15.1. The number of nitrogens with zero attached hydrogens (tertiary/aromatic N) is 4. The molecule has 4 heteroatoms. The lowest BCUT2D eigenvalue weighted by atomic mass is 10.1. The van der Waals surface area contributed by atoms with Crippen LogP contribution in [-0.2, 0) is 0 Å². The lowest BCUT2D eigenvalue weighted by Crippen LogP contribution is -2.14. The van der Waals surface area contributed by atoms with Crippen molar-refractivity contribution in [1.82, 2.24) is 13.7 Å². The highest BCUT2D eigenvalue weighted by Gasteiger charge is 2.24. The summed E-state index contributed by atoms with van der Waals surface area (Å²) < 4.78 is 7.33. The van der Waals surface area contributed by atoms with Crippen molar-refractivity contribution in [3.8, 4) is 11.4 Å². The molecule has 0 unspecified atom stereocenters. The van der Waals surface area contributed by atoms with E-state index in [9.17, 15) is 0 Å². The fourth-order valence-electron chi connectivity index (χ4n) is 8.53. The van der Waals surface area contributed by atoms with E-state index in [-0.39, 0.29) is 0 Å². The second-order valence-electron chi connectivity index (χ2n) is 13.5. The lowest BCUT2D eigenvalue weighted by molar-refractivity contribution is 1.01. The molecular formula is C47H32N4. The van der Waals surface area contributed by atoms with Gasteiger partial charge in [0.2, 0.25) is 0 Å². The fraction of sp³-hybridized carbons (Fsp3) is 0.0426. The number of allylic oxidation sites excluding steroid dienone is 1. The van der Waals surface area contributed by atoms with E-state index in [2.05, 4.69) is 184 Å². The molecule has 51 heavy (non-hydrogen) atoms. The topological polar surface area (TPSA) is 27.1 Å². The van der Waals surface area contributed by atoms with Crippen LogP contribution in [0.5, 0.6) is 0 Å². The first-order valence-electron chi connectivity index (χ1n) is 17.7. The molecule has 0 spiro atoms. The molecule has 4 heterocycles. The number of para-hydroxylation sites is 4. The van der Waals surface area contributed by atoms with Crippen molar-refractivity contribution < 1.29 is 0 Å². The van der Waals surface area contributed by atoms with E-state index >= 15 is 0 Å². The Hall–Kier alpha value is -6.65. The molecule has 11 rings (SSSR count). The van der Waals surface area contributed by atoms with Crippen LogP contribution in [0, 0.1) is 0 Å². The highest BCUT2D eigenvalue weighted by Crippen LogP contribution is 2.44. The number of aromatic nitrogens is 3. The van der Waals surface area contributed by atoms with E-state index in [0.717, 1.165) is 41.3 Å². The molecule has 0 bridgehead atoms. The van der Waals surface area contributed by atoms with Gasteiger partial charge in [0.1, 0.15) is 5.84 Å². The van der Waals surface area contributed by atoms with Gasteiger partial charge in [-0.05, 0) is 66.6 Å². The van der Waals surface area contributed by atoms with E-state index in [1.807, 2.05) is 0 Å². The van der Waals surface area contributed by atoms with Gasteiger partial charge in [-0.25, -0.2) is 4.99 Å². The Morgan fingerprint density at radius 2 is 0.980 bits per heavy atom. The minimum atomic E-state index is 0.882. The second-order valence-corrected chi connectivity index (χ2v) is 13.5. The quantitative estimate of drug-likeness (QED) is 0.182. The summed E-state index contributed by atoms with van der Waals surface area (Å²) in [4.78, 5) is 5.33. The van der Waals surface area contributed by atoms with E-state index < -0.39 is 0 Å². The van der Waals surface area contributed by atoms with Crippen LogP contribution in [0.25, 0.3) is 82.5 Å². The molecule has 0 amide bonds. The summed E-state index contributed by atoms with van der Waals surface area (Å²) >= 11 is 0. The molecule has 0 saturated carbocycles. The standard InChI is InChI=1S/C47H32N4/c1-4-15-31(16-5-1)39-23-14-26-45(48-39)51-40-24-12-10-21-34(40)37-29-43-38(30-44(37)51)35-27-28-42-46(47(35)50(43)33-19-8-3-9-20-33)36-22-11-13-25-41(36)49(42)32-17-6-2-7-18-32/h1-13,15-25,27-30H,14,26H2. The average molecular weight is 653 g/mol. The smallest absolute Gasteiger partial charge is 0.114 e. The second kappa shape index (κ2) is 10.9. The third-order valence-electron chi connectivity index (χ3n) is 10.7. The summed E-state index contributed by atoms with van der Waals surface area (Å²) in [5.41, 5.74) is 11.7. The number of rotatable bonds is 3. The molecule has 4 nitrogen and oxygen atoms in total. The van der Waals surface area contributed by atoms with Gasteiger partial charge in [0.15, 0.2) is 0 Å². The van der Waals surface area contributed by atoms with Crippen LogP contribution in [0.3, 0.4) is 0 Å². The summed E-state index contributed by atoms with van der Waals surface area (Å²) in [5, 5.41) is 7.46. The third-order valence-corrected chi connectivity index (χ3v) is 10.7. The molecule has 0 fully saturated rings. The summed E-state index contributed by atoms with van der Waals surface area (Å²) in [7, 11) is 0. The molecule has 0 atom stereocenters. The Labute approximate surface area is 294 Å². The number of hydrogen-bond donors (Lipinski definition) is 0. The monoisotopic (exact) mass is 652 g/mol. The molecule has 1 aliphatic heterocycles. The number of hydrogen-bond acceptors (Lipinski definition) is 1. The Kier molecular flexibility index (Phi) is 6.05. The maximum Gasteiger partial charge on any atom is 0.114 e. The molecule has 7 aromatic carbocycles. The number of aliphatic imine (C=N–C) groups is 1. The van der Waals surface area contributed by atoms with Gasteiger partial charge < -0.3 is 9.13 Å². The van der Waals surface area contributed by atoms with Crippen LogP contribution in [0.15, 0.2) is 175 Å². The third kappa shape index (κ3) is 4.11. The van der Waals surface area contributed by atoms with Gasteiger partial charge in [-0.15, -0.1) is 0 Å². The van der Waals surface area contributed by atoms with Crippen LogP contribution in [0.1, 0.15) is 18.4 Å². The lowest BCUT2D eigenvalue weighted by Gasteiger charge is -2.16. The van der Waals surface area contributed by atoms with Gasteiger partial charge in [-0.1, -0.05) is 115 Å². The molecule has 0 N–H and O–H groups in total. The predicted octanol–water partition coefficient (Wildman–Crippen LogP) is 12.1. The van der Waals surface area contributed by atoms with Gasteiger partial charge >= 0.3 is 0 Å². The Bertz CT molecular complexity index is 3050. The molecule has 240 valence electrons. The highest BCUT2D eigenvalue weighted by molar-refractivity contribution is 6.28. The van der Waals surface area contributed by atoms with Crippen LogP contribution >= 0.6 is 0 Å². The zero-order chi connectivity index (χ0) is 33.5. The molecule has 0 aliphatic carbocycles. The molecule has 1 aliphatic rings. The Morgan fingerprint density at radius 1 is 0.412 bits per heavy atom. The summed E-state index contributed by atoms with van der Waals surface area (Å²) in [6, 6.07) is 59.3. The average Bonchev–Trinajstić information content (AvgIpc) is 3.83. The van der Waals surface area contributed by atoms with Crippen LogP contribution < -0.4 is 0 Å². The van der Waals surface area contributed by atoms with E-state index in [0.29, 0.717) is 0 Å².